The zero-order valence-electron chi connectivity index (χ0n) is 12.9. The Kier molecular flexibility index (Phi) is 7.27. The van der Waals surface area contributed by atoms with Gasteiger partial charge in [0.15, 0.2) is 6.17 Å². The molecular weight excluding hydrogens is 246 g/mol. The van der Waals surface area contributed by atoms with Crippen molar-refractivity contribution in [3.05, 3.63) is 0 Å². The largest absolute Gasteiger partial charge is 0.378 e. The fourth-order valence-corrected chi connectivity index (χ4v) is 3.40. The van der Waals surface area contributed by atoms with Gasteiger partial charge >= 0.3 is 0 Å². The Balaban J connectivity index is 2.50. The van der Waals surface area contributed by atoms with Crippen LogP contribution in [0.4, 0.5) is 8.78 Å². The monoisotopic (exact) mass is 276 g/mol. The normalized spacial score (nSPS) is 30.6. The molecule has 3 heteroatoms. The summed E-state index contributed by atoms with van der Waals surface area (Å²) in [6, 6.07) is 0. The van der Waals surface area contributed by atoms with E-state index in [9.17, 15) is 8.78 Å². The Bertz CT molecular complexity index is 235. The average Bonchev–Trinajstić information content (AvgIpc) is 2.47. The first kappa shape index (κ1) is 16.9. The first-order chi connectivity index (χ1) is 9.04. The minimum absolute atomic E-state index is 0.197. The second kappa shape index (κ2) is 8.18. The first-order valence-corrected chi connectivity index (χ1v) is 7.85. The summed E-state index contributed by atoms with van der Waals surface area (Å²) in [7, 11) is 1.46. The van der Waals surface area contributed by atoms with Crippen LogP contribution in [0.1, 0.15) is 59.3 Å². The lowest BCUT2D eigenvalue weighted by atomic mass is 9.73. The molecule has 0 spiro atoms. The predicted molar refractivity (Wildman–Crippen MR) is 75.8 cm³/mol. The highest BCUT2D eigenvalue weighted by atomic mass is 19.2. The summed E-state index contributed by atoms with van der Waals surface area (Å²) in [6.07, 6.45) is 2.70. The summed E-state index contributed by atoms with van der Waals surface area (Å²) < 4.78 is 33.5. The maximum atomic E-state index is 14.3. The molecule has 0 saturated heterocycles. The highest BCUT2D eigenvalue weighted by Crippen LogP contribution is 2.38. The van der Waals surface area contributed by atoms with Crippen molar-refractivity contribution in [1.82, 2.24) is 0 Å². The van der Waals surface area contributed by atoms with E-state index in [1.54, 1.807) is 0 Å². The molecule has 0 aromatic heterocycles. The van der Waals surface area contributed by atoms with Crippen LogP contribution in [0.5, 0.6) is 0 Å². The summed E-state index contributed by atoms with van der Waals surface area (Å²) in [5, 5.41) is 0. The van der Waals surface area contributed by atoms with Gasteiger partial charge in [-0.1, -0.05) is 40.0 Å². The van der Waals surface area contributed by atoms with Crippen molar-refractivity contribution in [2.45, 2.75) is 77.7 Å². The van der Waals surface area contributed by atoms with Gasteiger partial charge in [-0.3, -0.25) is 0 Å². The number of hydrogen-bond donors (Lipinski definition) is 0. The van der Waals surface area contributed by atoms with E-state index in [0.29, 0.717) is 12.3 Å². The number of methoxy groups -OCH3 is 1. The van der Waals surface area contributed by atoms with Gasteiger partial charge in [-0.15, -0.1) is 0 Å². The van der Waals surface area contributed by atoms with Crippen molar-refractivity contribution in [3.8, 4) is 0 Å². The van der Waals surface area contributed by atoms with Crippen molar-refractivity contribution in [3.63, 3.8) is 0 Å². The Morgan fingerprint density at radius 2 is 1.63 bits per heavy atom. The van der Waals surface area contributed by atoms with Crippen LogP contribution in [0, 0.1) is 17.8 Å². The van der Waals surface area contributed by atoms with Crippen LogP contribution in [0.25, 0.3) is 0 Å². The highest BCUT2D eigenvalue weighted by molar-refractivity contribution is 4.85. The van der Waals surface area contributed by atoms with Gasteiger partial charge < -0.3 is 4.74 Å². The Hall–Kier alpha value is -0.180. The van der Waals surface area contributed by atoms with E-state index in [-0.39, 0.29) is 5.92 Å². The van der Waals surface area contributed by atoms with Crippen molar-refractivity contribution >= 4 is 0 Å². The molecule has 0 amide bonds. The lowest BCUT2D eigenvalue weighted by Gasteiger charge is -2.35. The lowest BCUT2D eigenvalue weighted by Crippen LogP contribution is -2.39. The van der Waals surface area contributed by atoms with Crippen molar-refractivity contribution < 1.29 is 13.5 Å². The molecule has 4 atom stereocenters. The molecule has 1 saturated carbocycles. The van der Waals surface area contributed by atoms with E-state index >= 15 is 0 Å². The number of rotatable bonds is 7. The van der Waals surface area contributed by atoms with Gasteiger partial charge in [0.25, 0.3) is 0 Å². The number of alkyl halides is 2. The van der Waals surface area contributed by atoms with E-state index in [2.05, 4.69) is 6.92 Å². The fourth-order valence-electron chi connectivity index (χ4n) is 3.40. The van der Waals surface area contributed by atoms with Crippen LogP contribution in [0.3, 0.4) is 0 Å². The van der Waals surface area contributed by atoms with E-state index < -0.39 is 18.4 Å². The molecule has 0 N–H and O–H groups in total. The molecule has 114 valence electrons. The molecule has 1 fully saturated rings. The first-order valence-electron chi connectivity index (χ1n) is 7.85. The molecule has 0 aromatic rings. The second-order valence-corrected chi connectivity index (χ2v) is 6.12. The summed E-state index contributed by atoms with van der Waals surface area (Å²) in [5.41, 5.74) is 0. The molecule has 19 heavy (non-hydrogen) atoms. The standard InChI is InChI=1S/C16H30F2O/c1-5-12-7-9-13(10-8-12)11(3)15(17)16(18)14(6-2)19-4/h11-16H,5-10H2,1-4H3. The molecule has 4 unspecified atom stereocenters. The quantitative estimate of drug-likeness (QED) is 0.640. The molecule has 0 heterocycles. The minimum atomic E-state index is -1.49. The Labute approximate surface area is 117 Å². The van der Waals surface area contributed by atoms with Crippen molar-refractivity contribution in [2.24, 2.45) is 17.8 Å². The van der Waals surface area contributed by atoms with Crippen molar-refractivity contribution in [2.75, 3.05) is 7.11 Å². The topological polar surface area (TPSA) is 9.23 Å². The van der Waals surface area contributed by atoms with Gasteiger partial charge in [0.05, 0.1) is 6.10 Å². The third-order valence-corrected chi connectivity index (χ3v) is 5.08. The summed E-state index contributed by atoms with van der Waals surface area (Å²) in [4.78, 5) is 0. The second-order valence-electron chi connectivity index (χ2n) is 6.12. The van der Waals surface area contributed by atoms with Crippen molar-refractivity contribution in [1.29, 1.82) is 0 Å². The number of hydrogen-bond acceptors (Lipinski definition) is 1. The zero-order chi connectivity index (χ0) is 14.4. The van der Waals surface area contributed by atoms with Gasteiger partial charge in [0.2, 0.25) is 0 Å². The molecule has 0 bridgehead atoms. The lowest BCUT2D eigenvalue weighted by molar-refractivity contribution is -0.0321. The maximum absolute atomic E-state index is 14.3. The van der Waals surface area contributed by atoms with E-state index in [1.165, 1.54) is 26.4 Å². The molecule has 1 nitrogen and oxygen atoms in total. The fraction of sp³-hybridized carbons (Fsp3) is 1.00. The predicted octanol–water partition coefficient (Wildman–Crippen LogP) is 4.94. The van der Waals surface area contributed by atoms with E-state index in [0.717, 1.165) is 18.8 Å². The van der Waals surface area contributed by atoms with Gasteiger partial charge in [-0.2, -0.15) is 0 Å². The summed E-state index contributed by atoms with van der Waals surface area (Å²) in [5.74, 6) is 0.937. The minimum Gasteiger partial charge on any atom is -0.378 e. The Morgan fingerprint density at radius 1 is 1.05 bits per heavy atom. The average molecular weight is 276 g/mol. The summed E-state index contributed by atoms with van der Waals surface area (Å²) >= 11 is 0. The van der Waals surface area contributed by atoms with Crippen LogP contribution in [-0.2, 0) is 4.74 Å². The van der Waals surface area contributed by atoms with Crippen LogP contribution in [0.2, 0.25) is 0 Å². The Morgan fingerprint density at radius 3 is 2.05 bits per heavy atom. The smallest absolute Gasteiger partial charge is 0.157 e. The number of ether oxygens (including phenoxy) is 1. The van der Waals surface area contributed by atoms with Gasteiger partial charge in [0.1, 0.15) is 6.17 Å². The van der Waals surface area contributed by atoms with Gasteiger partial charge in [-0.05, 0) is 37.0 Å². The van der Waals surface area contributed by atoms with Crippen LogP contribution >= 0.6 is 0 Å². The van der Waals surface area contributed by atoms with Gasteiger partial charge in [0, 0.05) is 7.11 Å². The molecule has 1 aliphatic carbocycles. The third-order valence-electron chi connectivity index (χ3n) is 5.08. The molecule has 1 rings (SSSR count). The SMILES string of the molecule is CCC1CCC(C(C)C(F)C(F)C(CC)OC)CC1. The zero-order valence-corrected chi connectivity index (χ0v) is 12.9. The van der Waals surface area contributed by atoms with Crippen LogP contribution < -0.4 is 0 Å². The highest BCUT2D eigenvalue weighted by Gasteiger charge is 2.37. The van der Waals surface area contributed by atoms with E-state index in [4.69, 9.17) is 4.74 Å². The third kappa shape index (κ3) is 4.40. The van der Waals surface area contributed by atoms with Crippen LogP contribution in [-0.4, -0.2) is 25.6 Å². The van der Waals surface area contributed by atoms with Gasteiger partial charge in [-0.25, -0.2) is 8.78 Å². The molecule has 0 aliphatic heterocycles. The van der Waals surface area contributed by atoms with E-state index in [1.807, 2.05) is 13.8 Å². The molecule has 0 radical (unpaired) electrons. The number of halogens is 2. The maximum Gasteiger partial charge on any atom is 0.157 e. The molecule has 0 aromatic carbocycles. The van der Waals surface area contributed by atoms with Crippen LogP contribution in [0.15, 0.2) is 0 Å². The molecular formula is C16H30F2O. The molecule has 1 aliphatic rings. The summed E-state index contributed by atoms with van der Waals surface area (Å²) in [6.45, 7) is 5.93.